The number of rotatable bonds is 2. The van der Waals surface area contributed by atoms with Gasteiger partial charge in [0, 0.05) is 5.39 Å². The van der Waals surface area contributed by atoms with Gasteiger partial charge < -0.3 is 4.74 Å². The Hall–Kier alpha value is -1.84. The van der Waals surface area contributed by atoms with E-state index in [9.17, 15) is 0 Å². The van der Waals surface area contributed by atoms with Gasteiger partial charge in [-0.3, -0.25) is 0 Å². The number of ether oxygens (including phenoxy) is 1. The van der Waals surface area contributed by atoms with Crippen LogP contribution in [-0.2, 0) is 0 Å². The highest BCUT2D eigenvalue weighted by Crippen LogP contribution is 2.33. The molecule has 0 aliphatic heterocycles. The third-order valence-corrected chi connectivity index (χ3v) is 3.82. The molecule has 3 aromatic rings. The minimum atomic E-state index is 0.376. The molecule has 0 radical (unpaired) electrons. The molecule has 21 heavy (non-hydrogen) atoms. The van der Waals surface area contributed by atoms with Crippen LogP contribution in [0.5, 0.6) is 5.75 Å². The van der Waals surface area contributed by atoms with Crippen molar-refractivity contribution in [2.75, 3.05) is 7.11 Å². The Morgan fingerprint density at radius 1 is 1.05 bits per heavy atom. The number of benzene rings is 2. The largest absolute Gasteiger partial charge is 0.496 e. The fourth-order valence-corrected chi connectivity index (χ4v) is 2.65. The molecule has 0 fully saturated rings. The van der Waals surface area contributed by atoms with Gasteiger partial charge in [-0.05, 0) is 31.2 Å². The molecule has 0 unspecified atom stereocenters. The summed E-state index contributed by atoms with van der Waals surface area (Å²) in [7, 11) is 1.61. The predicted octanol–water partition coefficient (Wildman–Crippen LogP) is 4.92. The Balaban J connectivity index is 2.31. The van der Waals surface area contributed by atoms with E-state index < -0.39 is 0 Å². The number of hydrogen-bond donors (Lipinski definition) is 0. The Labute approximate surface area is 132 Å². The van der Waals surface area contributed by atoms with E-state index >= 15 is 0 Å². The molecule has 0 amide bonds. The van der Waals surface area contributed by atoms with Gasteiger partial charge in [-0.15, -0.1) is 0 Å². The zero-order valence-electron chi connectivity index (χ0n) is 11.5. The van der Waals surface area contributed by atoms with Gasteiger partial charge in [-0.2, -0.15) is 0 Å². The lowest BCUT2D eigenvalue weighted by Crippen LogP contribution is -1.96. The fourth-order valence-electron chi connectivity index (χ4n) is 2.20. The van der Waals surface area contributed by atoms with Gasteiger partial charge in [0.15, 0.2) is 5.82 Å². The number of fused-ring (bicyclic) bond motifs is 1. The van der Waals surface area contributed by atoms with Crippen LogP contribution in [0.4, 0.5) is 0 Å². The fraction of sp³-hybridized carbons (Fsp3) is 0.125. The molecule has 0 aliphatic rings. The lowest BCUT2D eigenvalue weighted by atomic mass is 10.1. The molecular formula is C16H12Cl2N2O. The highest BCUT2D eigenvalue weighted by molar-refractivity contribution is 6.38. The molecule has 0 atom stereocenters. The summed E-state index contributed by atoms with van der Waals surface area (Å²) in [6.07, 6.45) is 0. The first kappa shape index (κ1) is 14.1. The molecule has 0 N–H and O–H groups in total. The van der Waals surface area contributed by atoms with Crippen molar-refractivity contribution >= 4 is 34.1 Å². The zero-order valence-corrected chi connectivity index (χ0v) is 13.0. The van der Waals surface area contributed by atoms with Gasteiger partial charge in [-0.25, -0.2) is 9.97 Å². The third-order valence-electron chi connectivity index (χ3n) is 3.23. The molecule has 0 bridgehead atoms. The molecular weight excluding hydrogens is 307 g/mol. The summed E-state index contributed by atoms with van der Waals surface area (Å²) >= 11 is 12.5. The molecule has 3 rings (SSSR count). The maximum Gasteiger partial charge on any atom is 0.165 e. The highest BCUT2D eigenvalue weighted by Gasteiger charge is 2.13. The summed E-state index contributed by atoms with van der Waals surface area (Å²) in [4.78, 5) is 8.93. The quantitative estimate of drug-likeness (QED) is 0.629. The second-order valence-corrected chi connectivity index (χ2v) is 5.44. The van der Waals surface area contributed by atoms with Gasteiger partial charge in [0.2, 0.25) is 0 Å². The first-order valence-corrected chi connectivity index (χ1v) is 7.12. The average molecular weight is 319 g/mol. The van der Waals surface area contributed by atoms with Crippen LogP contribution < -0.4 is 4.74 Å². The van der Waals surface area contributed by atoms with Crippen LogP contribution in [0.3, 0.4) is 0 Å². The topological polar surface area (TPSA) is 35.0 Å². The van der Waals surface area contributed by atoms with Gasteiger partial charge in [0.05, 0.1) is 23.2 Å². The molecule has 0 aliphatic carbocycles. The molecule has 2 aromatic carbocycles. The van der Waals surface area contributed by atoms with Crippen LogP contribution in [0.1, 0.15) is 5.56 Å². The van der Waals surface area contributed by atoms with Gasteiger partial charge in [0.25, 0.3) is 0 Å². The van der Waals surface area contributed by atoms with Crippen LogP contribution >= 0.6 is 23.2 Å². The summed E-state index contributed by atoms with van der Waals surface area (Å²) in [6.45, 7) is 2.00. The SMILES string of the molecule is COc1ccc(C)cc1-c1nc(Cl)c2cccc(Cl)c2n1. The first-order valence-electron chi connectivity index (χ1n) is 6.37. The Kier molecular flexibility index (Phi) is 3.70. The molecule has 0 saturated heterocycles. The van der Waals surface area contributed by atoms with Crippen molar-refractivity contribution in [1.82, 2.24) is 9.97 Å². The minimum absolute atomic E-state index is 0.376. The van der Waals surface area contributed by atoms with E-state index in [1.165, 1.54) is 0 Å². The summed E-state index contributed by atoms with van der Waals surface area (Å²) in [5.41, 5.74) is 2.52. The number of para-hydroxylation sites is 1. The van der Waals surface area contributed by atoms with Crippen molar-refractivity contribution in [3.8, 4) is 17.1 Å². The van der Waals surface area contributed by atoms with Gasteiger partial charge in [0.1, 0.15) is 10.9 Å². The predicted molar refractivity (Wildman–Crippen MR) is 86.3 cm³/mol. The van der Waals surface area contributed by atoms with Crippen molar-refractivity contribution in [2.24, 2.45) is 0 Å². The smallest absolute Gasteiger partial charge is 0.165 e. The highest BCUT2D eigenvalue weighted by atomic mass is 35.5. The number of halogens is 2. The van der Waals surface area contributed by atoms with E-state index in [2.05, 4.69) is 9.97 Å². The number of aryl methyl sites for hydroxylation is 1. The Morgan fingerprint density at radius 3 is 2.62 bits per heavy atom. The molecule has 1 aromatic heterocycles. The summed E-state index contributed by atoms with van der Waals surface area (Å²) in [5.74, 6) is 1.20. The molecule has 1 heterocycles. The van der Waals surface area contributed by atoms with E-state index in [0.29, 0.717) is 27.3 Å². The van der Waals surface area contributed by atoms with E-state index in [1.54, 1.807) is 13.2 Å². The van der Waals surface area contributed by atoms with Crippen LogP contribution in [0.25, 0.3) is 22.3 Å². The zero-order chi connectivity index (χ0) is 15.0. The van der Waals surface area contributed by atoms with Crippen molar-refractivity contribution in [3.63, 3.8) is 0 Å². The molecule has 0 saturated carbocycles. The summed E-state index contributed by atoms with van der Waals surface area (Å²) < 4.78 is 5.38. The Morgan fingerprint density at radius 2 is 1.86 bits per heavy atom. The van der Waals surface area contributed by atoms with Crippen LogP contribution in [0, 0.1) is 6.92 Å². The van der Waals surface area contributed by atoms with Crippen LogP contribution in [0.15, 0.2) is 36.4 Å². The Bertz CT molecular complexity index is 834. The first-order chi connectivity index (χ1) is 10.1. The monoisotopic (exact) mass is 318 g/mol. The summed E-state index contributed by atoms with van der Waals surface area (Å²) in [5, 5.41) is 1.66. The third kappa shape index (κ3) is 2.55. The second-order valence-electron chi connectivity index (χ2n) is 4.68. The molecule has 0 spiro atoms. The lowest BCUT2D eigenvalue weighted by Gasteiger charge is -2.10. The van der Waals surface area contributed by atoms with E-state index in [0.717, 1.165) is 16.5 Å². The number of aromatic nitrogens is 2. The lowest BCUT2D eigenvalue weighted by molar-refractivity contribution is 0.416. The van der Waals surface area contributed by atoms with Crippen LogP contribution in [0.2, 0.25) is 10.2 Å². The van der Waals surface area contributed by atoms with Crippen molar-refractivity contribution in [3.05, 3.63) is 52.1 Å². The molecule has 3 nitrogen and oxygen atoms in total. The number of nitrogens with zero attached hydrogens (tertiary/aromatic N) is 2. The van der Waals surface area contributed by atoms with Crippen LogP contribution in [-0.4, -0.2) is 17.1 Å². The van der Waals surface area contributed by atoms with E-state index in [1.807, 2.05) is 37.3 Å². The second kappa shape index (κ2) is 5.51. The van der Waals surface area contributed by atoms with E-state index in [-0.39, 0.29) is 0 Å². The van der Waals surface area contributed by atoms with E-state index in [4.69, 9.17) is 27.9 Å². The maximum absolute atomic E-state index is 6.27. The normalized spacial score (nSPS) is 10.9. The minimum Gasteiger partial charge on any atom is -0.496 e. The average Bonchev–Trinajstić information content (AvgIpc) is 2.48. The number of methoxy groups -OCH3 is 1. The number of hydrogen-bond acceptors (Lipinski definition) is 3. The molecule has 5 heteroatoms. The maximum atomic E-state index is 6.27. The van der Waals surface area contributed by atoms with Crippen molar-refractivity contribution in [1.29, 1.82) is 0 Å². The van der Waals surface area contributed by atoms with Gasteiger partial charge in [-0.1, -0.05) is 40.9 Å². The summed E-state index contributed by atoms with van der Waals surface area (Å²) in [6, 6.07) is 11.3. The standard InChI is InChI=1S/C16H12Cl2N2O/c1-9-6-7-13(21-2)11(8-9)16-19-14-10(15(18)20-16)4-3-5-12(14)17/h3-8H,1-2H3. The van der Waals surface area contributed by atoms with Gasteiger partial charge >= 0.3 is 0 Å². The van der Waals surface area contributed by atoms with Crippen molar-refractivity contribution in [2.45, 2.75) is 6.92 Å². The molecule has 106 valence electrons. The van der Waals surface area contributed by atoms with Crippen molar-refractivity contribution < 1.29 is 4.74 Å².